The number of aryl methyl sites for hydroxylation is 2. The topological polar surface area (TPSA) is 66.7 Å². The summed E-state index contributed by atoms with van der Waals surface area (Å²) < 4.78 is 0. The highest BCUT2D eigenvalue weighted by atomic mass is 32.1. The van der Waals surface area contributed by atoms with E-state index in [2.05, 4.69) is 5.32 Å². The van der Waals surface area contributed by atoms with Crippen LogP contribution in [0.15, 0.2) is 30.3 Å². The number of fused-ring (bicyclic) bond motifs is 1. The molecular formula is C22H31N4O2S+. The average Bonchev–Trinajstić information content (AvgIpc) is 3.09. The molecule has 0 fully saturated rings. The number of nitrogens with one attached hydrogen (secondary N) is 2. The number of amides is 2. The van der Waals surface area contributed by atoms with Crippen molar-refractivity contribution in [2.45, 2.75) is 52.1 Å². The molecule has 1 aliphatic carbocycles. The summed E-state index contributed by atoms with van der Waals surface area (Å²) in [6.07, 6.45) is 4.42. The summed E-state index contributed by atoms with van der Waals surface area (Å²) in [7, 11) is 1.88. The van der Waals surface area contributed by atoms with E-state index in [0.717, 1.165) is 34.1 Å². The van der Waals surface area contributed by atoms with Gasteiger partial charge in [0.1, 0.15) is 0 Å². The first-order valence-electron chi connectivity index (χ1n) is 10.4. The van der Waals surface area contributed by atoms with Crippen LogP contribution in [-0.2, 0) is 29.0 Å². The van der Waals surface area contributed by atoms with E-state index >= 15 is 0 Å². The van der Waals surface area contributed by atoms with Gasteiger partial charge in [0.25, 0.3) is 11.8 Å². The molecule has 1 aromatic carbocycles. The number of likely N-dealkylation sites (N-methyl/N-ethyl adjacent to an activating group) is 1. The maximum atomic E-state index is 13.2. The molecule has 1 aromatic heterocycles. The number of carbonyl (C=O) groups excluding carboxylic acids is 2. The summed E-state index contributed by atoms with van der Waals surface area (Å²) in [6.45, 7) is 4.89. The molecule has 0 bridgehead atoms. The van der Waals surface area contributed by atoms with Crippen molar-refractivity contribution in [2.75, 3.05) is 25.0 Å². The van der Waals surface area contributed by atoms with Crippen molar-refractivity contribution in [3.05, 3.63) is 46.5 Å². The minimum absolute atomic E-state index is 0.00482. The Morgan fingerprint density at radius 3 is 2.59 bits per heavy atom. The highest BCUT2D eigenvalue weighted by Crippen LogP contribution is 2.32. The third kappa shape index (κ3) is 6.11. The van der Waals surface area contributed by atoms with Crippen LogP contribution in [0, 0.1) is 0 Å². The number of thiazole rings is 1. The Hall–Kier alpha value is -2.25. The Bertz CT molecular complexity index is 811. The molecule has 1 atom stereocenters. The monoisotopic (exact) mass is 415 g/mol. The van der Waals surface area contributed by atoms with E-state index in [0.29, 0.717) is 6.54 Å². The molecule has 29 heavy (non-hydrogen) atoms. The zero-order chi connectivity index (χ0) is 20.8. The summed E-state index contributed by atoms with van der Waals surface area (Å²) in [5.41, 5.74) is 2.23. The van der Waals surface area contributed by atoms with Gasteiger partial charge < -0.3 is 10.2 Å². The third-order valence-corrected chi connectivity index (χ3v) is 6.10. The van der Waals surface area contributed by atoms with E-state index in [1.165, 1.54) is 17.7 Å². The molecule has 0 radical (unpaired) electrons. The minimum atomic E-state index is -0.0374. The van der Waals surface area contributed by atoms with Gasteiger partial charge in [-0.25, -0.2) is 4.98 Å². The van der Waals surface area contributed by atoms with Gasteiger partial charge in [-0.2, -0.15) is 0 Å². The van der Waals surface area contributed by atoms with Gasteiger partial charge in [0.15, 0.2) is 18.2 Å². The summed E-state index contributed by atoms with van der Waals surface area (Å²) in [5, 5.41) is 3.67. The van der Waals surface area contributed by atoms with Crippen LogP contribution in [0.1, 0.15) is 42.8 Å². The Balaban J connectivity index is 1.74. The van der Waals surface area contributed by atoms with Gasteiger partial charge in [-0.3, -0.25) is 14.5 Å². The van der Waals surface area contributed by atoms with Crippen LogP contribution in [0.2, 0.25) is 0 Å². The lowest BCUT2D eigenvalue weighted by molar-refractivity contribution is -0.862. The van der Waals surface area contributed by atoms with Gasteiger partial charge in [-0.15, -0.1) is 11.3 Å². The van der Waals surface area contributed by atoms with Crippen LogP contribution in [0.4, 0.5) is 5.13 Å². The molecular weight excluding hydrogens is 384 g/mol. The van der Waals surface area contributed by atoms with Gasteiger partial charge in [-0.05, 0) is 45.1 Å². The number of hydrogen-bond acceptors (Lipinski definition) is 4. The third-order valence-electron chi connectivity index (χ3n) is 4.91. The van der Waals surface area contributed by atoms with E-state index in [-0.39, 0.29) is 30.9 Å². The molecule has 0 saturated heterocycles. The highest BCUT2D eigenvalue weighted by Gasteiger charge is 2.26. The van der Waals surface area contributed by atoms with Crippen LogP contribution >= 0.6 is 11.3 Å². The number of aromatic nitrogens is 1. The fraction of sp³-hybridized carbons (Fsp3) is 0.500. The number of benzene rings is 1. The van der Waals surface area contributed by atoms with Crippen LogP contribution in [-0.4, -0.2) is 43.0 Å². The predicted octanol–water partition coefficient (Wildman–Crippen LogP) is 1.59. The van der Waals surface area contributed by atoms with Crippen molar-refractivity contribution >= 4 is 28.3 Å². The Morgan fingerprint density at radius 1 is 1.17 bits per heavy atom. The van der Waals surface area contributed by atoms with Crippen LogP contribution in [0.3, 0.4) is 0 Å². The fourth-order valence-corrected chi connectivity index (χ4v) is 4.71. The molecule has 2 amide bonds. The number of carbonyl (C=O) groups is 2. The Labute approximate surface area is 176 Å². The molecule has 0 spiro atoms. The van der Waals surface area contributed by atoms with E-state index in [9.17, 15) is 9.59 Å². The predicted molar refractivity (Wildman–Crippen MR) is 116 cm³/mol. The molecule has 2 N–H and O–H groups in total. The molecule has 6 nitrogen and oxygen atoms in total. The van der Waals surface area contributed by atoms with Crippen LogP contribution in [0.5, 0.6) is 0 Å². The number of anilines is 1. The van der Waals surface area contributed by atoms with Crippen molar-refractivity contribution in [1.82, 2.24) is 10.3 Å². The normalized spacial score (nSPS) is 14.3. The fourth-order valence-electron chi connectivity index (χ4n) is 3.55. The zero-order valence-electron chi connectivity index (χ0n) is 17.5. The van der Waals surface area contributed by atoms with Gasteiger partial charge in [0, 0.05) is 10.9 Å². The average molecular weight is 416 g/mol. The lowest BCUT2D eigenvalue weighted by atomic mass is 10.0. The first-order valence-corrected chi connectivity index (χ1v) is 11.2. The lowest BCUT2D eigenvalue weighted by Gasteiger charge is -2.22. The van der Waals surface area contributed by atoms with E-state index in [1.54, 1.807) is 16.2 Å². The van der Waals surface area contributed by atoms with Gasteiger partial charge in [0.05, 0.1) is 19.3 Å². The molecule has 1 unspecified atom stereocenters. The standard InChI is InChI=1S/C22H30N4O2S/c1-16(2)23-20(27)14-25(3)15-21(28)26(13-17-9-5-4-6-10-17)22-24-18-11-7-8-12-19(18)29-22/h4-6,9-10,16H,7-8,11-15H2,1-3H3,(H,23,27)/p+1. The smallest absolute Gasteiger partial charge is 0.284 e. The molecule has 156 valence electrons. The molecule has 7 heteroatoms. The van der Waals surface area contributed by atoms with Crippen molar-refractivity contribution in [3.63, 3.8) is 0 Å². The van der Waals surface area contributed by atoms with Crippen LogP contribution in [0.25, 0.3) is 0 Å². The SMILES string of the molecule is CC(C)NC(=O)C[NH+](C)CC(=O)N(Cc1ccccc1)c1nc2c(s1)CCCC2. The molecule has 3 rings (SSSR count). The van der Waals surface area contributed by atoms with Gasteiger partial charge >= 0.3 is 0 Å². The first-order chi connectivity index (χ1) is 13.9. The van der Waals surface area contributed by atoms with Gasteiger partial charge in [0.2, 0.25) is 0 Å². The quantitative estimate of drug-likeness (QED) is 0.688. The second-order valence-corrected chi connectivity index (χ2v) is 9.13. The maximum Gasteiger partial charge on any atom is 0.284 e. The molecule has 1 heterocycles. The summed E-state index contributed by atoms with van der Waals surface area (Å²) >= 11 is 1.65. The number of nitrogens with zero attached hydrogens (tertiary/aromatic N) is 2. The number of rotatable bonds is 8. The van der Waals surface area contributed by atoms with Crippen LogP contribution < -0.4 is 15.1 Å². The van der Waals surface area contributed by atoms with Crippen molar-refractivity contribution in [1.29, 1.82) is 0 Å². The Morgan fingerprint density at radius 2 is 1.90 bits per heavy atom. The molecule has 2 aromatic rings. The molecule has 0 saturated carbocycles. The first kappa shape index (κ1) is 21.5. The van der Waals surface area contributed by atoms with Gasteiger partial charge in [-0.1, -0.05) is 30.3 Å². The van der Waals surface area contributed by atoms with Crippen molar-refractivity contribution in [3.8, 4) is 0 Å². The Kier molecular flexibility index (Phi) is 7.39. The van der Waals surface area contributed by atoms with E-state index in [1.807, 2.05) is 51.2 Å². The molecule has 1 aliphatic rings. The minimum Gasteiger partial charge on any atom is -0.349 e. The largest absolute Gasteiger partial charge is 0.349 e. The second kappa shape index (κ2) is 9.98. The van der Waals surface area contributed by atoms with E-state index in [4.69, 9.17) is 4.98 Å². The molecule has 0 aliphatic heterocycles. The number of quaternary nitrogens is 1. The van der Waals surface area contributed by atoms with Crippen molar-refractivity contribution in [2.24, 2.45) is 0 Å². The summed E-state index contributed by atoms with van der Waals surface area (Å²) in [5.74, 6) is -0.0422. The van der Waals surface area contributed by atoms with Crippen molar-refractivity contribution < 1.29 is 14.5 Å². The highest BCUT2D eigenvalue weighted by molar-refractivity contribution is 7.15. The zero-order valence-corrected chi connectivity index (χ0v) is 18.3. The second-order valence-electron chi connectivity index (χ2n) is 8.07. The summed E-state index contributed by atoms with van der Waals surface area (Å²) in [6, 6.07) is 10.1. The maximum absolute atomic E-state index is 13.2. The number of hydrogen-bond donors (Lipinski definition) is 2. The van der Waals surface area contributed by atoms with E-state index < -0.39 is 0 Å². The lowest BCUT2D eigenvalue weighted by Crippen LogP contribution is -3.11. The summed E-state index contributed by atoms with van der Waals surface area (Å²) in [4.78, 5) is 34.0.